The molecule has 2 heterocycles. The van der Waals surface area contributed by atoms with Gasteiger partial charge in [-0.2, -0.15) is 9.78 Å². The molecule has 0 bridgehead atoms. The van der Waals surface area contributed by atoms with Crippen molar-refractivity contribution in [3.63, 3.8) is 0 Å². The van der Waals surface area contributed by atoms with Crippen LogP contribution in [0.5, 0.6) is 0 Å². The zero-order valence-corrected chi connectivity index (χ0v) is 16.4. The van der Waals surface area contributed by atoms with Crippen molar-refractivity contribution in [2.75, 3.05) is 18.0 Å². The first-order valence-corrected chi connectivity index (χ1v) is 9.60. The fourth-order valence-corrected chi connectivity index (χ4v) is 3.70. The summed E-state index contributed by atoms with van der Waals surface area (Å²) in [6, 6.07) is 10.4. The van der Waals surface area contributed by atoms with E-state index in [1.54, 1.807) is 25.1 Å². The van der Waals surface area contributed by atoms with Crippen molar-refractivity contribution in [1.29, 1.82) is 0 Å². The molecule has 1 fully saturated rings. The zero-order valence-electron chi connectivity index (χ0n) is 14.8. The van der Waals surface area contributed by atoms with E-state index in [-0.39, 0.29) is 11.4 Å². The Balaban J connectivity index is 1.68. The van der Waals surface area contributed by atoms with Gasteiger partial charge in [-0.1, -0.05) is 22.0 Å². The molecule has 0 unspecified atom stereocenters. The highest BCUT2D eigenvalue weighted by atomic mass is 79.9. The Kier molecular flexibility index (Phi) is 4.78. The van der Waals surface area contributed by atoms with Crippen molar-refractivity contribution in [1.82, 2.24) is 9.66 Å². The maximum absolute atomic E-state index is 14.4. The topological polar surface area (TPSA) is 50.5 Å². The van der Waals surface area contributed by atoms with E-state index >= 15 is 0 Å². The second-order valence-electron chi connectivity index (χ2n) is 6.59. The number of hydrogen-bond acceptors (Lipinski definition) is 4. The van der Waals surface area contributed by atoms with Crippen LogP contribution in [0, 0.1) is 12.7 Å². The molecular weight excluding hydrogens is 411 g/mol. The number of aromatic nitrogens is 2. The molecule has 27 heavy (non-hydrogen) atoms. The van der Waals surface area contributed by atoms with Crippen LogP contribution in [0.25, 0.3) is 10.9 Å². The van der Waals surface area contributed by atoms with Gasteiger partial charge in [-0.3, -0.25) is 4.79 Å². The van der Waals surface area contributed by atoms with Gasteiger partial charge in [0.1, 0.15) is 11.6 Å². The van der Waals surface area contributed by atoms with Gasteiger partial charge >= 0.3 is 0 Å². The van der Waals surface area contributed by atoms with Crippen LogP contribution in [0.4, 0.5) is 10.1 Å². The van der Waals surface area contributed by atoms with E-state index in [9.17, 15) is 9.18 Å². The normalized spacial score (nSPS) is 14.6. The van der Waals surface area contributed by atoms with Gasteiger partial charge in [0.2, 0.25) is 0 Å². The van der Waals surface area contributed by atoms with E-state index in [0.717, 1.165) is 30.4 Å². The maximum atomic E-state index is 14.4. The van der Waals surface area contributed by atoms with Crippen LogP contribution in [0.15, 0.2) is 50.8 Å². The fourth-order valence-electron chi connectivity index (χ4n) is 3.34. The minimum Gasteiger partial charge on any atom is -0.369 e. The van der Waals surface area contributed by atoms with Gasteiger partial charge in [0.25, 0.3) is 5.56 Å². The molecule has 0 amide bonds. The third kappa shape index (κ3) is 3.51. The zero-order chi connectivity index (χ0) is 19.0. The van der Waals surface area contributed by atoms with E-state index < -0.39 is 0 Å². The van der Waals surface area contributed by atoms with Crippen molar-refractivity contribution in [3.05, 3.63) is 68.4 Å². The summed E-state index contributed by atoms with van der Waals surface area (Å²) < 4.78 is 16.5. The summed E-state index contributed by atoms with van der Waals surface area (Å²) in [5.74, 6) is 0.200. The Morgan fingerprint density at radius 3 is 2.70 bits per heavy atom. The predicted molar refractivity (Wildman–Crippen MR) is 109 cm³/mol. The van der Waals surface area contributed by atoms with Crippen molar-refractivity contribution >= 4 is 38.7 Å². The molecule has 0 aliphatic carbocycles. The molecule has 1 aromatic heterocycles. The number of anilines is 1. The Bertz CT molecular complexity index is 1100. The summed E-state index contributed by atoms with van der Waals surface area (Å²) in [4.78, 5) is 19.2. The summed E-state index contributed by atoms with van der Waals surface area (Å²) in [6.07, 6.45) is 3.67. The first-order chi connectivity index (χ1) is 13.0. The van der Waals surface area contributed by atoms with Crippen LogP contribution in [-0.4, -0.2) is 29.0 Å². The second-order valence-corrected chi connectivity index (χ2v) is 7.50. The van der Waals surface area contributed by atoms with Crippen LogP contribution < -0.4 is 10.5 Å². The quantitative estimate of drug-likeness (QED) is 0.590. The number of hydrogen-bond donors (Lipinski definition) is 0. The molecule has 5 nitrogen and oxygen atoms in total. The van der Waals surface area contributed by atoms with E-state index in [2.05, 4.69) is 30.9 Å². The van der Waals surface area contributed by atoms with Gasteiger partial charge in [0.05, 0.1) is 22.8 Å². The lowest BCUT2D eigenvalue weighted by molar-refractivity contribution is 0.623. The Morgan fingerprint density at radius 1 is 1.19 bits per heavy atom. The van der Waals surface area contributed by atoms with Gasteiger partial charge in [-0.05, 0) is 55.7 Å². The number of nitrogens with zero attached hydrogens (tertiary/aromatic N) is 4. The second kappa shape index (κ2) is 7.23. The average molecular weight is 429 g/mol. The number of benzene rings is 2. The molecule has 0 N–H and O–H groups in total. The van der Waals surface area contributed by atoms with Gasteiger partial charge in [0.15, 0.2) is 0 Å². The highest BCUT2D eigenvalue weighted by Crippen LogP contribution is 2.24. The van der Waals surface area contributed by atoms with Crippen LogP contribution in [0.1, 0.15) is 24.2 Å². The first kappa shape index (κ1) is 17.9. The third-order valence-corrected chi connectivity index (χ3v) is 5.20. The monoisotopic (exact) mass is 428 g/mol. The SMILES string of the molecule is Cc1nc2ccc(Br)cc2c(=O)n1N=Cc1ccc(N2CCCC2)c(F)c1. The Hall–Kier alpha value is -2.54. The maximum Gasteiger partial charge on any atom is 0.282 e. The van der Waals surface area contributed by atoms with E-state index in [1.165, 1.54) is 17.0 Å². The lowest BCUT2D eigenvalue weighted by atomic mass is 10.2. The summed E-state index contributed by atoms with van der Waals surface area (Å²) in [6.45, 7) is 3.49. The molecule has 0 spiro atoms. The Labute approximate surface area is 164 Å². The molecule has 1 aliphatic rings. The molecule has 1 saturated heterocycles. The minimum atomic E-state index is -0.273. The number of rotatable bonds is 3. The lowest BCUT2D eigenvalue weighted by Gasteiger charge is -2.18. The minimum absolute atomic E-state index is 0.260. The first-order valence-electron chi connectivity index (χ1n) is 8.81. The summed E-state index contributed by atoms with van der Waals surface area (Å²) in [5.41, 5.74) is 1.57. The predicted octanol–water partition coefficient (Wildman–Crippen LogP) is 4.09. The summed E-state index contributed by atoms with van der Waals surface area (Å²) >= 11 is 3.37. The van der Waals surface area contributed by atoms with Crippen molar-refractivity contribution in [2.45, 2.75) is 19.8 Å². The molecular formula is C20H18BrFN4O. The van der Waals surface area contributed by atoms with Crippen molar-refractivity contribution in [2.24, 2.45) is 5.10 Å². The molecule has 7 heteroatoms. The highest BCUT2D eigenvalue weighted by molar-refractivity contribution is 9.10. The lowest BCUT2D eigenvalue weighted by Crippen LogP contribution is -2.20. The molecule has 138 valence electrons. The van der Waals surface area contributed by atoms with Crippen LogP contribution in [0.2, 0.25) is 0 Å². The number of fused-ring (bicyclic) bond motifs is 1. The van der Waals surface area contributed by atoms with Gasteiger partial charge < -0.3 is 4.90 Å². The third-order valence-electron chi connectivity index (χ3n) is 4.71. The fraction of sp³-hybridized carbons (Fsp3) is 0.250. The average Bonchev–Trinajstić information content (AvgIpc) is 3.17. The van der Waals surface area contributed by atoms with E-state index in [1.807, 2.05) is 12.1 Å². The van der Waals surface area contributed by atoms with Crippen molar-refractivity contribution < 1.29 is 4.39 Å². The summed E-state index contributed by atoms with van der Waals surface area (Å²) in [7, 11) is 0. The molecule has 2 aromatic carbocycles. The van der Waals surface area contributed by atoms with Crippen LogP contribution >= 0.6 is 15.9 Å². The van der Waals surface area contributed by atoms with Gasteiger partial charge in [-0.15, -0.1) is 0 Å². The van der Waals surface area contributed by atoms with Crippen LogP contribution in [-0.2, 0) is 0 Å². The number of aryl methyl sites for hydroxylation is 1. The molecule has 0 saturated carbocycles. The van der Waals surface area contributed by atoms with Crippen LogP contribution in [0.3, 0.4) is 0 Å². The van der Waals surface area contributed by atoms with Crippen molar-refractivity contribution in [3.8, 4) is 0 Å². The Morgan fingerprint density at radius 2 is 1.96 bits per heavy atom. The molecule has 3 aromatic rings. The smallest absolute Gasteiger partial charge is 0.282 e. The van der Waals surface area contributed by atoms with E-state index in [4.69, 9.17) is 0 Å². The number of halogens is 2. The molecule has 0 radical (unpaired) electrons. The molecule has 0 atom stereocenters. The van der Waals surface area contributed by atoms with Gasteiger partial charge in [-0.25, -0.2) is 9.37 Å². The highest BCUT2D eigenvalue weighted by Gasteiger charge is 2.16. The largest absolute Gasteiger partial charge is 0.369 e. The standard InChI is InChI=1S/C20H18BrFN4O/c1-13-24-18-6-5-15(21)11-16(18)20(27)26(13)23-12-14-4-7-19(17(22)10-14)25-8-2-3-9-25/h4-7,10-12H,2-3,8-9H2,1H3. The summed E-state index contributed by atoms with van der Waals surface area (Å²) in [5, 5.41) is 4.72. The molecule has 1 aliphatic heterocycles. The van der Waals surface area contributed by atoms with E-state index in [0.29, 0.717) is 28.0 Å². The molecule has 4 rings (SSSR count). The van der Waals surface area contributed by atoms with Gasteiger partial charge in [0, 0.05) is 17.6 Å².